The van der Waals surface area contributed by atoms with Crippen molar-refractivity contribution in [3.05, 3.63) is 65.9 Å². The molecule has 5 heteroatoms. The number of nitrogens with one attached hydrogen (secondary N) is 1. The fraction of sp³-hybridized carbons (Fsp3) is 0.238. The first kappa shape index (κ1) is 16.4. The molecule has 26 heavy (non-hydrogen) atoms. The second-order valence-corrected chi connectivity index (χ2v) is 6.58. The van der Waals surface area contributed by atoms with E-state index in [2.05, 4.69) is 5.32 Å². The van der Waals surface area contributed by atoms with Crippen molar-refractivity contribution in [2.24, 2.45) is 0 Å². The molecule has 3 aromatic rings. The second kappa shape index (κ2) is 6.67. The molecule has 132 valence electrons. The molecule has 4 rings (SSSR count). The number of amides is 2. The Morgan fingerprint density at radius 2 is 1.92 bits per heavy atom. The largest absolute Gasteiger partial charge is 0.459 e. The van der Waals surface area contributed by atoms with Crippen LogP contribution in [0.1, 0.15) is 41.9 Å². The third-order valence-corrected chi connectivity index (χ3v) is 4.73. The van der Waals surface area contributed by atoms with Crippen molar-refractivity contribution < 1.29 is 14.0 Å². The first-order chi connectivity index (χ1) is 12.6. The predicted molar refractivity (Wildman–Crippen MR) is 100 cm³/mol. The molecule has 0 saturated carbocycles. The molecule has 0 bridgehead atoms. The van der Waals surface area contributed by atoms with Gasteiger partial charge in [-0.2, -0.15) is 0 Å². The number of fused-ring (bicyclic) bond motifs is 1. The van der Waals surface area contributed by atoms with Crippen LogP contribution in [0.2, 0.25) is 0 Å². The van der Waals surface area contributed by atoms with E-state index in [1.807, 2.05) is 49.4 Å². The number of para-hydroxylation sites is 1. The van der Waals surface area contributed by atoms with Crippen LogP contribution in [0.3, 0.4) is 0 Å². The Bertz CT molecular complexity index is 926. The van der Waals surface area contributed by atoms with Crippen molar-refractivity contribution in [2.75, 3.05) is 11.4 Å². The fourth-order valence-electron chi connectivity index (χ4n) is 3.28. The monoisotopic (exact) mass is 348 g/mol. The van der Waals surface area contributed by atoms with Crippen LogP contribution in [0, 0.1) is 0 Å². The average Bonchev–Trinajstić information content (AvgIpc) is 3.27. The Morgan fingerprint density at radius 3 is 2.62 bits per heavy atom. The summed E-state index contributed by atoms with van der Waals surface area (Å²) in [6.07, 6.45) is 1.48. The third-order valence-electron chi connectivity index (χ3n) is 4.73. The topological polar surface area (TPSA) is 62.6 Å². The van der Waals surface area contributed by atoms with Crippen LogP contribution in [0.15, 0.2) is 59.0 Å². The van der Waals surface area contributed by atoms with Crippen molar-refractivity contribution in [3.63, 3.8) is 0 Å². The van der Waals surface area contributed by atoms with Gasteiger partial charge in [-0.15, -0.1) is 0 Å². The lowest BCUT2D eigenvalue weighted by atomic mass is 10.1. The molecule has 0 aliphatic carbocycles. The van der Waals surface area contributed by atoms with Crippen molar-refractivity contribution in [2.45, 2.75) is 25.8 Å². The maximum Gasteiger partial charge on any atom is 0.251 e. The molecule has 1 aliphatic heterocycles. The summed E-state index contributed by atoms with van der Waals surface area (Å²) in [5.74, 6) is 0.691. The number of carbonyl (C=O) groups is 2. The molecule has 2 heterocycles. The summed E-state index contributed by atoms with van der Waals surface area (Å²) < 4.78 is 5.81. The number of hydrogen-bond donors (Lipinski definition) is 1. The Morgan fingerprint density at radius 1 is 1.15 bits per heavy atom. The van der Waals surface area contributed by atoms with Gasteiger partial charge in [0.1, 0.15) is 11.3 Å². The van der Waals surface area contributed by atoms with Crippen LogP contribution in [0.5, 0.6) is 0 Å². The lowest BCUT2D eigenvalue weighted by Crippen LogP contribution is -2.27. The van der Waals surface area contributed by atoms with Crippen LogP contribution in [-0.4, -0.2) is 18.4 Å². The summed E-state index contributed by atoms with van der Waals surface area (Å²) in [6.45, 7) is 2.64. The van der Waals surface area contributed by atoms with Gasteiger partial charge >= 0.3 is 0 Å². The lowest BCUT2D eigenvalue weighted by molar-refractivity contribution is -0.117. The number of anilines is 1. The molecule has 1 N–H and O–H groups in total. The van der Waals surface area contributed by atoms with E-state index in [0.717, 1.165) is 35.4 Å². The summed E-state index contributed by atoms with van der Waals surface area (Å²) >= 11 is 0. The molecule has 1 fully saturated rings. The van der Waals surface area contributed by atoms with E-state index in [9.17, 15) is 9.59 Å². The number of furan rings is 1. The van der Waals surface area contributed by atoms with Gasteiger partial charge in [-0.1, -0.05) is 18.2 Å². The molecule has 1 saturated heterocycles. The normalized spacial score (nSPS) is 15.4. The number of nitrogens with zero attached hydrogens (tertiary/aromatic N) is 1. The van der Waals surface area contributed by atoms with Gasteiger partial charge < -0.3 is 14.6 Å². The molecule has 2 aromatic carbocycles. The van der Waals surface area contributed by atoms with Gasteiger partial charge in [0, 0.05) is 29.6 Å². The third kappa shape index (κ3) is 3.08. The molecule has 1 unspecified atom stereocenters. The van der Waals surface area contributed by atoms with Gasteiger partial charge in [0.05, 0.1) is 6.04 Å². The van der Waals surface area contributed by atoms with Crippen LogP contribution >= 0.6 is 0 Å². The number of benzene rings is 2. The van der Waals surface area contributed by atoms with E-state index < -0.39 is 0 Å². The number of hydrogen-bond acceptors (Lipinski definition) is 3. The first-order valence-electron chi connectivity index (χ1n) is 8.81. The highest BCUT2D eigenvalue weighted by Gasteiger charge is 2.22. The molecule has 0 radical (unpaired) electrons. The van der Waals surface area contributed by atoms with Crippen LogP contribution < -0.4 is 10.2 Å². The summed E-state index contributed by atoms with van der Waals surface area (Å²) in [7, 11) is 0. The van der Waals surface area contributed by atoms with E-state index in [1.54, 1.807) is 17.0 Å². The van der Waals surface area contributed by atoms with Crippen LogP contribution in [-0.2, 0) is 4.79 Å². The van der Waals surface area contributed by atoms with E-state index in [4.69, 9.17) is 4.42 Å². The maximum atomic E-state index is 12.5. The molecular weight excluding hydrogens is 328 g/mol. The van der Waals surface area contributed by atoms with E-state index >= 15 is 0 Å². The molecule has 0 spiro atoms. The highest BCUT2D eigenvalue weighted by atomic mass is 16.3. The Labute approximate surface area is 151 Å². The Balaban J connectivity index is 1.46. The van der Waals surface area contributed by atoms with Crippen molar-refractivity contribution in [1.82, 2.24) is 5.32 Å². The average molecular weight is 348 g/mol. The van der Waals surface area contributed by atoms with Gasteiger partial charge in [0.25, 0.3) is 5.91 Å². The number of carbonyl (C=O) groups excluding carboxylic acids is 2. The van der Waals surface area contributed by atoms with Gasteiger partial charge in [0.15, 0.2) is 0 Å². The number of rotatable bonds is 4. The zero-order valence-electron chi connectivity index (χ0n) is 14.6. The molecule has 2 amide bonds. The van der Waals surface area contributed by atoms with Crippen LogP contribution in [0.4, 0.5) is 5.69 Å². The van der Waals surface area contributed by atoms with Gasteiger partial charge in [-0.25, -0.2) is 0 Å². The highest BCUT2D eigenvalue weighted by molar-refractivity contribution is 5.97. The zero-order valence-corrected chi connectivity index (χ0v) is 14.6. The standard InChI is InChI=1S/C21H20N2O3/c1-14(19-13-16-5-2-3-6-18(16)26-19)22-21(25)15-8-10-17(11-9-15)23-12-4-7-20(23)24/h2-3,5-6,8-11,13-14H,4,7,12H2,1H3,(H,22,25). The lowest BCUT2D eigenvalue weighted by Gasteiger charge is -2.16. The van der Waals surface area contributed by atoms with Crippen LogP contribution in [0.25, 0.3) is 11.0 Å². The Kier molecular flexibility index (Phi) is 4.21. The van der Waals surface area contributed by atoms with Crippen molar-refractivity contribution in [1.29, 1.82) is 0 Å². The van der Waals surface area contributed by atoms with E-state index in [0.29, 0.717) is 12.0 Å². The molecule has 5 nitrogen and oxygen atoms in total. The van der Waals surface area contributed by atoms with Gasteiger partial charge in [0.2, 0.25) is 5.91 Å². The molecule has 1 aromatic heterocycles. The summed E-state index contributed by atoms with van der Waals surface area (Å²) in [6, 6.07) is 16.6. The smallest absolute Gasteiger partial charge is 0.251 e. The predicted octanol–water partition coefficient (Wildman–Crippen LogP) is 4.05. The second-order valence-electron chi connectivity index (χ2n) is 6.58. The minimum atomic E-state index is -0.241. The quantitative estimate of drug-likeness (QED) is 0.774. The van der Waals surface area contributed by atoms with Crippen molar-refractivity contribution in [3.8, 4) is 0 Å². The van der Waals surface area contributed by atoms with Crippen molar-refractivity contribution >= 4 is 28.5 Å². The van der Waals surface area contributed by atoms with Gasteiger partial charge in [-0.3, -0.25) is 9.59 Å². The van der Waals surface area contributed by atoms with E-state index in [1.165, 1.54) is 0 Å². The fourth-order valence-corrected chi connectivity index (χ4v) is 3.28. The summed E-state index contributed by atoms with van der Waals surface area (Å²) in [5.41, 5.74) is 2.21. The SMILES string of the molecule is CC(NC(=O)c1ccc(N2CCCC2=O)cc1)c1cc2ccccc2o1. The molecule has 1 aliphatic rings. The Hall–Kier alpha value is -3.08. The first-order valence-corrected chi connectivity index (χ1v) is 8.81. The van der Waals surface area contributed by atoms with Gasteiger partial charge in [-0.05, 0) is 49.7 Å². The zero-order chi connectivity index (χ0) is 18.1. The minimum absolute atomic E-state index is 0.140. The molecular formula is C21H20N2O3. The highest BCUT2D eigenvalue weighted by Crippen LogP contribution is 2.24. The summed E-state index contributed by atoms with van der Waals surface area (Å²) in [5, 5.41) is 3.97. The minimum Gasteiger partial charge on any atom is -0.459 e. The van der Waals surface area contributed by atoms with E-state index in [-0.39, 0.29) is 17.9 Å². The maximum absolute atomic E-state index is 12.5. The molecule has 1 atom stereocenters. The summed E-state index contributed by atoms with van der Waals surface area (Å²) in [4.78, 5) is 26.1.